The number of aliphatic hydroxyl groups excluding tert-OH is 1. The van der Waals surface area contributed by atoms with Gasteiger partial charge < -0.3 is 9.84 Å². The van der Waals surface area contributed by atoms with Gasteiger partial charge in [0.25, 0.3) is 0 Å². The highest BCUT2D eigenvalue weighted by atomic mass is 16.6. The number of nitrogens with zero attached hydrogens (tertiary/aromatic N) is 2. The molecular weight excluding hydrogens is 304 g/mol. The van der Waals surface area contributed by atoms with Crippen molar-refractivity contribution in [1.82, 2.24) is 4.90 Å². The van der Waals surface area contributed by atoms with Crippen molar-refractivity contribution in [2.45, 2.75) is 58.2 Å². The molecule has 2 aliphatic heterocycles. The molecule has 1 amide bonds. The van der Waals surface area contributed by atoms with E-state index in [1.54, 1.807) is 4.90 Å². The zero-order valence-corrected chi connectivity index (χ0v) is 14.9. The highest BCUT2D eigenvalue weighted by Gasteiger charge is 2.32. The summed E-state index contributed by atoms with van der Waals surface area (Å²) in [6.07, 6.45) is 2.76. The summed E-state index contributed by atoms with van der Waals surface area (Å²) in [5.41, 5.74) is 2.87. The van der Waals surface area contributed by atoms with E-state index in [1.807, 2.05) is 20.8 Å². The smallest absolute Gasteiger partial charge is 0.414 e. The first-order valence-electron chi connectivity index (χ1n) is 8.85. The largest absolute Gasteiger partial charge is 0.443 e. The molecule has 0 bridgehead atoms. The van der Waals surface area contributed by atoms with E-state index in [1.165, 1.54) is 5.56 Å². The fraction of sp³-hybridized carbons (Fsp3) is 0.632. The predicted octanol–water partition coefficient (Wildman–Crippen LogP) is 2.94. The SMILES string of the molecule is CC(C)(C)OC(=O)N1CCc2cccc(CN3CCC[C@H]3CO)c21. The monoisotopic (exact) mass is 332 g/mol. The van der Waals surface area contributed by atoms with Gasteiger partial charge in [-0.3, -0.25) is 9.80 Å². The van der Waals surface area contributed by atoms with Crippen molar-refractivity contribution in [3.8, 4) is 0 Å². The van der Waals surface area contributed by atoms with E-state index in [0.29, 0.717) is 6.54 Å². The minimum Gasteiger partial charge on any atom is -0.443 e. The van der Waals surface area contributed by atoms with E-state index in [4.69, 9.17) is 4.74 Å². The number of likely N-dealkylation sites (tertiary alicyclic amines) is 1. The average Bonchev–Trinajstić information content (AvgIpc) is 3.12. The lowest BCUT2D eigenvalue weighted by atomic mass is 10.1. The average molecular weight is 332 g/mol. The number of hydrogen-bond donors (Lipinski definition) is 1. The molecule has 1 aromatic rings. The summed E-state index contributed by atoms with van der Waals surface area (Å²) in [4.78, 5) is 16.7. The molecule has 0 saturated carbocycles. The highest BCUT2D eigenvalue weighted by Crippen LogP contribution is 2.34. The maximum atomic E-state index is 12.6. The van der Waals surface area contributed by atoms with E-state index in [0.717, 1.165) is 43.6 Å². The number of amides is 1. The Kier molecular flexibility index (Phi) is 4.83. The van der Waals surface area contributed by atoms with Crippen LogP contribution in [0.5, 0.6) is 0 Å². The molecule has 1 N–H and O–H groups in total. The van der Waals surface area contributed by atoms with Gasteiger partial charge >= 0.3 is 6.09 Å². The molecular formula is C19H28N2O3. The molecule has 0 spiro atoms. The van der Waals surface area contributed by atoms with Crippen molar-refractivity contribution >= 4 is 11.8 Å². The maximum Gasteiger partial charge on any atom is 0.414 e. The molecule has 24 heavy (non-hydrogen) atoms. The second-order valence-electron chi connectivity index (χ2n) is 7.76. The normalized spacial score (nSPS) is 21.2. The summed E-state index contributed by atoms with van der Waals surface area (Å²) in [5.74, 6) is 0. The van der Waals surface area contributed by atoms with Gasteiger partial charge in [0.05, 0.1) is 12.3 Å². The second kappa shape index (κ2) is 6.73. The van der Waals surface area contributed by atoms with Crippen molar-refractivity contribution in [3.05, 3.63) is 29.3 Å². The summed E-state index contributed by atoms with van der Waals surface area (Å²) in [5, 5.41) is 9.55. The minimum absolute atomic E-state index is 0.199. The van der Waals surface area contributed by atoms with Crippen molar-refractivity contribution in [1.29, 1.82) is 0 Å². The first kappa shape index (κ1) is 17.2. The summed E-state index contributed by atoms with van der Waals surface area (Å²) in [6.45, 7) is 8.32. The number of fused-ring (bicyclic) bond motifs is 1. The zero-order chi connectivity index (χ0) is 17.3. The Morgan fingerprint density at radius 1 is 1.33 bits per heavy atom. The summed E-state index contributed by atoms with van der Waals surface area (Å²) >= 11 is 0. The predicted molar refractivity (Wildman–Crippen MR) is 94.2 cm³/mol. The fourth-order valence-electron chi connectivity index (χ4n) is 3.69. The molecule has 2 aliphatic rings. The highest BCUT2D eigenvalue weighted by molar-refractivity contribution is 5.91. The Morgan fingerprint density at radius 2 is 2.12 bits per heavy atom. The molecule has 1 fully saturated rings. The lowest BCUT2D eigenvalue weighted by Gasteiger charge is -2.28. The van der Waals surface area contributed by atoms with Crippen molar-refractivity contribution in [2.24, 2.45) is 0 Å². The third-order valence-corrected chi connectivity index (χ3v) is 4.77. The Morgan fingerprint density at radius 3 is 2.83 bits per heavy atom. The van der Waals surface area contributed by atoms with E-state index in [9.17, 15) is 9.90 Å². The van der Waals surface area contributed by atoms with Crippen LogP contribution in [0, 0.1) is 0 Å². The maximum absolute atomic E-state index is 12.6. The van der Waals surface area contributed by atoms with Crippen LogP contribution in [0.1, 0.15) is 44.7 Å². The zero-order valence-electron chi connectivity index (χ0n) is 14.9. The Bertz CT molecular complexity index is 609. The van der Waals surface area contributed by atoms with Gasteiger partial charge in [0.1, 0.15) is 5.60 Å². The second-order valence-corrected chi connectivity index (χ2v) is 7.76. The van der Waals surface area contributed by atoms with Gasteiger partial charge in [-0.1, -0.05) is 18.2 Å². The number of ether oxygens (including phenoxy) is 1. The molecule has 132 valence electrons. The van der Waals surface area contributed by atoms with Crippen LogP contribution < -0.4 is 4.90 Å². The number of anilines is 1. The molecule has 0 aromatic heterocycles. The number of para-hydroxylation sites is 1. The van der Waals surface area contributed by atoms with Gasteiger partial charge in [0, 0.05) is 19.1 Å². The Balaban J connectivity index is 1.83. The Labute approximate surface area is 144 Å². The summed E-state index contributed by atoms with van der Waals surface area (Å²) in [7, 11) is 0. The molecule has 3 rings (SSSR count). The summed E-state index contributed by atoms with van der Waals surface area (Å²) < 4.78 is 5.58. The molecule has 1 atom stereocenters. The van der Waals surface area contributed by atoms with E-state index in [-0.39, 0.29) is 18.7 Å². The van der Waals surface area contributed by atoms with Crippen molar-refractivity contribution in [3.63, 3.8) is 0 Å². The molecule has 2 heterocycles. The van der Waals surface area contributed by atoms with Crippen molar-refractivity contribution in [2.75, 3.05) is 24.6 Å². The standard InChI is InChI=1S/C19H28N2O3/c1-19(2,3)24-18(23)21-11-9-14-6-4-7-15(17(14)21)12-20-10-5-8-16(20)13-22/h4,6-7,16,22H,5,8-13H2,1-3H3/t16-/m0/s1. The topological polar surface area (TPSA) is 53.0 Å². The molecule has 0 radical (unpaired) electrons. The van der Waals surface area contributed by atoms with Gasteiger partial charge in [0.2, 0.25) is 0 Å². The van der Waals surface area contributed by atoms with Crippen LogP contribution in [0.3, 0.4) is 0 Å². The van der Waals surface area contributed by atoms with Crippen LogP contribution in [0.25, 0.3) is 0 Å². The van der Waals surface area contributed by atoms with E-state index in [2.05, 4.69) is 23.1 Å². The van der Waals surface area contributed by atoms with E-state index >= 15 is 0 Å². The van der Waals surface area contributed by atoms with Crippen LogP contribution >= 0.6 is 0 Å². The number of carbonyl (C=O) groups excluding carboxylic acids is 1. The van der Waals surface area contributed by atoms with Gasteiger partial charge in [-0.15, -0.1) is 0 Å². The van der Waals surface area contributed by atoms with Crippen LogP contribution in [-0.2, 0) is 17.7 Å². The molecule has 5 nitrogen and oxygen atoms in total. The third kappa shape index (κ3) is 3.57. The quantitative estimate of drug-likeness (QED) is 0.925. The lowest BCUT2D eigenvalue weighted by Crippen LogP contribution is -2.37. The molecule has 1 aromatic carbocycles. The van der Waals surface area contributed by atoms with E-state index < -0.39 is 5.60 Å². The fourth-order valence-corrected chi connectivity index (χ4v) is 3.69. The molecule has 0 aliphatic carbocycles. The number of rotatable bonds is 3. The van der Waals surface area contributed by atoms with Crippen LogP contribution in [0.4, 0.5) is 10.5 Å². The minimum atomic E-state index is -0.494. The number of benzene rings is 1. The van der Waals surface area contributed by atoms with Crippen LogP contribution in [0.2, 0.25) is 0 Å². The number of carbonyl (C=O) groups is 1. The van der Waals surface area contributed by atoms with Gasteiger partial charge in [-0.2, -0.15) is 0 Å². The molecule has 0 unspecified atom stereocenters. The summed E-state index contributed by atoms with van der Waals surface area (Å²) in [6, 6.07) is 6.49. The van der Waals surface area contributed by atoms with Gasteiger partial charge in [0.15, 0.2) is 0 Å². The third-order valence-electron chi connectivity index (χ3n) is 4.77. The number of hydrogen-bond acceptors (Lipinski definition) is 4. The van der Waals surface area contributed by atoms with Crippen molar-refractivity contribution < 1.29 is 14.6 Å². The molecule has 1 saturated heterocycles. The van der Waals surface area contributed by atoms with Crippen LogP contribution in [-0.4, -0.2) is 47.4 Å². The first-order valence-corrected chi connectivity index (χ1v) is 8.85. The van der Waals surface area contributed by atoms with Gasteiger partial charge in [-0.05, 0) is 57.7 Å². The first-order chi connectivity index (χ1) is 11.4. The lowest BCUT2D eigenvalue weighted by molar-refractivity contribution is 0.0583. The number of aliphatic hydroxyl groups is 1. The Hall–Kier alpha value is -1.59. The van der Waals surface area contributed by atoms with Crippen LogP contribution in [0.15, 0.2) is 18.2 Å². The van der Waals surface area contributed by atoms with Gasteiger partial charge in [-0.25, -0.2) is 4.79 Å². The molecule has 5 heteroatoms.